The van der Waals surface area contributed by atoms with Gasteiger partial charge < -0.3 is 10.8 Å². The van der Waals surface area contributed by atoms with E-state index in [2.05, 4.69) is 10.2 Å². The summed E-state index contributed by atoms with van der Waals surface area (Å²) in [6.45, 7) is 1.65. The van der Waals surface area contributed by atoms with E-state index in [1.807, 2.05) is 0 Å². The molecule has 0 aromatic heterocycles. The number of benzene rings is 2. The van der Waals surface area contributed by atoms with Crippen molar-refractivity contribution in [3.8, 4) is 5.75 Å². The summed E-state index contributed by atoms with van der Waals surface area (Å²) in [5.41, 5.74) is 6.74. The van der Waals surface area contributed by atoms with Crippen LogP contribution in [0, 0.1) is 17.0 Å². The zero-order valence-electron chi connectivity index (χ0n) is 10.6. The van der Waals surface area contributed by atoms with Crippen LogP contribution >= 0.6 is 0 Å². The van der Waals surface area contributed by atoms with Crippen LogP contribution in [-0.2, 0) is 0 Å². The molecule has 0 radical (unpaired) electrons. The van der Waals surface area contributed by atoms with E-state index in [0.29, 0.717) is 11.3 Å². The number of para-hydroxylation sites is 1. The topological polar surface area (TPSA) is 114 Å². The van der Waals surface area contributed by atoms with Gasteiger partial charge in [0.1, 0.15) is 11.4 Å². The zero-order chi connectivity index (χ0) is 14.7. The molecule has 0 unspecified atom stereocenters. The van der Waals surface area contributed by atoms with Crippen molar-refractivity contribution < 1.29 is 10.0 Å². The summed E-state index contributed by atoms with van der Waals surface area (Å²) in [6.07, 6.45) is 0. The quantitative estimate of drug-likeness (QED) is 0.384. The maximum absolute atomic E-state index is 10.8. The van der Waals surface area contributed by atoms with E-state index in [9.17, 15) is 15.2 Å². The van der Waals surface area contributed by atoms with Gasteiger partial charge in [-0.3, -0.25) is 10.1 Å². The Morgan fingerprint density at radius 2 is 1.80 bits per heavy atom. The third kappa shape index (κ3) is 2.56. The number of anilines is 1. The average molecular weight is 272 g/mol. The monoisotopic (exact) mass is 272 g/mol. The fraction of sp³-hybridized carbons (Fsp3) is 0.0769. The van der Waals surface area contributed by atoms with Gasteiger partial charge in [-0.1, -0.05) is 12.1 Å². The van der Waals surface area contributed by atoms with Crippen LogP contribution in [0.4, 0.5) is 22.7 Å². The molecule has 0 heterocycles. The van der Waals surface area contributed by atoms with E-state index in [4.69, 9.17) is 5.73 Å². The first-order valence-corrected chi connectivity index (χ1v) is 5.74. The normalized spacial score (nSPS) is 10.8. The average Bonchev–Trinajstić information content (AvgIpc) is 2.44. The van der Waals surface area contributed by atoms with Crippen LogP contribution in [0.15, 0.2) is 46.6 Å². The number of hydrogen-bond acceptors (Lipinski definition) is 6. The van der Waals surface area contributed by atoms with E-state index in [1.54, 1.807) is 25.1 Å². The van der Waals surface area contributed by atoms with Crippen molar-refractivity contribution in [1.82, 2.24) is 0 Å². The number of rotatable bonds is 3. The molecule has 2 rings (SSSR count). The highest BCUT2D eigenvalue weighted by molar-refractivity contribution is 5.65. The summed E-state index contributed by atoms with van der Waals surface area (Å²) >= 11 is 0. The van der Waals surface area contributed by atoms with Gasteiger partial charge in [-0.05, 0) is 25.1 Å². The van der Waals surface area contributed by atoms with Gasteiger partial charge in [0.25, 0.3) is 5.69 Å². The first-order valence-electron chi connectivity index (χ1n) is 5.74. The number of nitrogens with zero attached hydrogens (tertiary/aromatic N) is 3. The Balaban J connectivity index is 2.40. The van der Waals surface area contributed by atoms with E-state index in [1.165, 1.54) is 18.2 Å². The number of nitrogen functional groups attached to an aromatic ring is 1. The standard InChI is InChI=1S/C13H12N4O3/c1-8-9(14)6-7-11(13(8)18)16-15-10-4-2-3-5-12(10)17(19)20/h2-7,18H,14H2,1H3. The second kappa shape index (κ2) is 5.35. The second-order valence-corrected chi connectivity index (χ2v) is 4.09. The minimum absolute atomic E-state index is 0.0904. The lowest BCUT2D eigenvalue weighted by Crippen LogP contribution is -1.89. The fourth-order valence-electron chi connectivity index (χ4n) is 1.59. The minimum Gasteiger partial charge on any atom is -0.505 e. The molecule has 0 aliphatic heterocycles. The molecule has 0 bridgehead atoms. The molecule has 20 heavy (non-hydrogen) atoms. The van der Waals surface area contributed by atoms with Crippen LogP contribution in [0.3, 0.4) is 0 Å². The summed E-state index contributed by atoms with van der Waals surface area (Å²) in [5, 5.41) is 28.4. The van der Waals surface area contributed by atoms with Crippen molar-refractivity contribution in [2.45, 2.75) is 6.92 Å². The fourth-order valence-corrected chi connectivity index (χ4v) is 1.59. The Hall–Kier alpha value is -2.96. The maximum Gasteiger partial charge on any atom is 0.296 e. The zero-order valence-corrected chi connectivity index (χ0v) is 10.6. The van der Waals surface area contributed by atoms with Crippen molar-refractivity contribution in [3.63, 3.8) is 0 Å². The molecule has 0 fully saturated rings. The van der Waals surface area contributed by atoms with Crippen LogP contribution in [-0.4, -0.2) is 10.0 Å². The molecule has 0 amide bonds. The number of nitro benzene ring substituents is 1. The third-order valence-electron chi connectivity index (χ3n) is 2.80. The number of aromatic hydroxyl groups is 1. The highest BCUT2D eigenvalue weighted by Crippen LogP contribution is 2.35. The molecule has 0 aliphatic carbocycles. The molecule has 0 atom stereocenters. The molecular weight excluding hydrogens is 260 g/mol. The van der Waals surface area contributed by atoms with Gasteiger partial charge in [0, 0.05) is 17.3 Å². The van der Waals surface area contributed by atoms with E-state index < -0.39 is 4.92 Å². The second-order valence-electron chi connectivity index (χ2n) is 4.09. The predicted octanol–water partition coefficient (Wildman–Crippen LogP) is 3.61. The van der Waals surface area contributed by atoms with Crippen molar-refractivity contribution in [2.75, 3.05) is 5.73 Å². The number of azo groups is 1. The number of nitrogens with two attached hydrogens (primary N) is 1. The van der Waals surface area contributed by atoms with Crippen molar-refractivity contribution in [1.29, 1.82) is 0 Å². The van der Waals surface area contributed by atoms with E-state index in [-0.39, 0.29) is 22.8 Å². The number of phenols is 1. The van der Waals surface area contributed by atoms with Crippen LogP contribution in [0.2, 0.25) is 0 Å². The molecule has 3 N–H and O–H groups in total. The lowest BCUT2D eigenvalue weighted by atomic mass is 10.1. The van der Waals surface area contributed by atoms with E-state index in [0.717, 1.165) is 0 Å². The minimum atomic E-state index is -0.539. The maximum atomic E-state index is 10.8. The summed E-state index contributed by atoms with van der Waals surface area (Å²) < 4.78 is 0. The van der Waals surface area contributed by atoms with Gasteiger partial charge in [-0.25, -0.2) is 0 Å². The number of phenolic OH excluding ortho intramolecular Hbond substituents is 1. The Morgan fingerprint density at radius 1 is 1.15 bits per heavy atom. The molecule has 0 saturated heterocycles. The molecule has 102 valence electrons. The molecule has 2 aromatic carbocycles. The van der Waals surface area contributed by atoms with Gasteiger partial charge in [0.2, 0.25) is 0 Å². The van der Waals surface area contributed by atoms with Crippen molar-refractivity contribution in [3.05, 3.63) is 52.1 Å². The highest BCUT2D eigenvalue weighted by atomic mass is 16.6. The first-order chi connectivity index (χ1) is 9.50. The Morgan fingerprint density at radius 3 is 2.50 bits per heavy atom. The Bertz CT molecular complexity index is 698. The molecule has 7 nitrogen and oxygen atoms in total. The molecule has 2 aromatic rings. The summed E-state index contributed by atoms with van der Waals surface area (Å²) in [6, 6.07) is 9.06. The van der Waals surface area contributed by atoms with Crippen LogP contribution in [0.5, 0.6) is 5.75 Å². The van der Waals surface area contributed by atoms with Gasteiger partial charge in [0.15, 0.2) is 5.69 Å². The summed E-state index contributed by atoms with van der Waals surface area (Å²) in [7, 11) is 0. The SMILES string of the molecule is Cc1c(N)ccc(N=Nc2ccccc2[N+](=O)[O-])c1O. The molecular formula is C13H12N4O3. The van der Waals surface area contributed by atoms with Gasteiger partial charge in [0.05, 0.1) is 4.92 Å². The van der Waals surface area contributed by atoms with E-state index >= 15 is 0 Å². The van der Waals surface area contributed by atoms with Crippen LogP contribution in [0.25, 0.3) is 0 Å². The van der Waals surface area contributed by atoms with Crippen LogP contribution in [0.1, 0.15) is 5.56 Å². The third-order valence-corrected chi connectivity index (χ3v) is 2.80. The largest absolute Gasteiger partial charge is 0.505 e. The van der Waals surface area contributed by atoms with Crippen molar-refractivity contribution >= 4 is 22.7 Å². The molecule has 0 saturated carbocycles. The first kappa shape index (κ1) is 13.5. The smallest absolute Gasteiger partial charge is 0.296 e. The van der Waals surface area contributed by atoms with Gasteiger partial charge in [-0.15, -0.1) is 10.2 Å². The number of hydrogen-bond donors (Lipinski definition) is 2. The molecule has 0 spiro atoms. The van der Waals surface area contributed by atoms with Gasteiger partial charge >= 0.3 is 0 Å². The van der Waals surface area contributed by atoms with Crippen LogP contribution < -0.4 is 5.73 Å². The van der Waals surface area contributed by atoms with Gasteiger partial charge in [-0.2, -0.15) is 0 Å². The predicted molar refractivity (Wildman–Crippen MR) is 74.5 cm³/mol. The highest BCUT2D eigenvalue weighted by Gasteiger charge is 2.12. The lowest BCUT2D eigenvalue weighted by molar-refractivity contribution is -0.384. The number of nitro groups is 1. The Kier molecular flexibility index (Phi) is 3.60. The summed E-state index contributed by atoms with van der Waals surface area (Å²) in [5.74, 6) is -0.0904. The lowest BCUT2D eigenvalue weighted by Gasteiger charge is -2.04. The molecule has 7 heteroatoms. The van der Waals surface area contributed by atoms with Crippen molar-refractivity contribution in [2.24, 2.45) is 10.2 Å². The Labute approximate surface area is 114 Å². The molecule has 0 aliphatic rings. The summed E-state index contributed by atoms with van der Waals surface area (Å²) in [4.78, 5) is 10.3.